The summed E-state index contributed by atoms with van der Waals surface area (Å²) in [4.78, 5) is 30.1. The smallest absolute Gasteiger partial charge is 0.226 e. The number of rotatable bonds is 5. The molecule has 5 heteroatoms. The fourth-order valence-electron chi connectivity index (χ4n) is 4.84. The summed E-state index contributed by atoms with van der Waals surface area (Å²) in [5.74, 6) is 0.710. The van der Waals surface area contributed by atoms with Crippen LogP contribution >= 0.6 is 0 Å². The summed E-state index contributed by atoms with van der Waals surface area (Å²) in [7, 11) is 0. The molecule has 0 spiro atoms. The van der Waals surface area contributed by atoms with Crippen LogP contribution in [0.4, 0.5) is 0 Å². The third-order valence-electron chi connectivity index (χ3n) is 6.69. The summed E-state index contributed by atoms with van der Waals surface area (Å²) in [5.41, 5.74) is 7.26. The topological polar surface area (TPSA) is 66.6 Å². The van der Waals surface area contributed by atoms with Gasteiger partial charge in [0.1, 0.15) is 0 Å². The number of likely N-dealkylation sites (tertiary alicyclic amines) is 1. The zero-order valence-electron chi connectivity index (χ0n) is 16.8. The predicted octanol–water partition coefficient (Wildman–Crippen LogP) is 2.93. The van der Waals surface area contributed by atoms with Crippen molar-refractivity contribution >= 4 is 11.8 Å². The van der Waals surface area contributed by atoms with Gasteiger partial charge in [-0.3, -0.25) is 9.59 Å². The van der Waals surface area contributed by atoms with E-state index in [1.165, 1.54) is 5.56 Å². The molecule has 0 aromatic heterocycles. The van der Waals surface area contributed by atoms with Crippen LogP contribution in [0.3, 0.4) is 0 Å². The van der Waals surface area contributed by atoms with Crippen molar-refractivity contribution in [1.29, 1.82) is 0 Å². The van der Waals surface area contributed by atoms with Crippen molar-refractivity contribution in [2.24, 2.45) is 17.6 Å². The van der Waals surface area contributed by atoms with Crippen molar-refractivity contribution in [3.8, 4) is 0 Å². The molecule has 2 N–H and O–H groups in total. The maximum Gasteiger partial charge on any atom is 0.226 e. The van der Waals surface area contributed by atoms with Gasteiger partial charge in [-0.25, -0.2) is 0 Å². The van der Waals surface area contributed by atoms with Crippen molar-refractivity contribution in [1.82, 2.24) is 9.80 Å². The maximum absolute atomic E-state index is 13.2. The minimum atomic E-state index is 0.0574. The first-order chi connectivity index (χ1) is 13.6. The second-order valence-corrected chi connectivity index (χ2v) is 8.91. The molecule has 28 heavy (non-hydrogen) atoms. The van der Waals surface area contributed by atoms with E-state index in [1.807, 2.05) is 23.1 Å². The summed E-state index contributed by atoms with van der Waals surface area (Å²) >= 11 is 0. The zero-order valence-corrected chi connectivity index (χ0v) is 16.8. The third kappa shape index (κ3) is 4.57. The van der Waals surface area contributed by atoms with E-state index in [1.54, 1.807) is 0 Å². The molecule has 2 unspecified atom stereocenters. The lowest BCUT2D eigenvalue weighted by atomic mass is 9.84. The quantitative estimate of drug-likeness (QED) is 0.850. The minimum Gasteiger partial charge on any atom is -0.342 e. The van der Waals surface area contributed by atoms with Gasteiger partial charge in [-0.05, 0) is 50.5 Å². The Balaban J connectivity index is 1.32. The van der Waals surface area contributed by atoms with Crippen molar-refractivity contribution < 1.29 is 9.59 Å². The number of hydrogen-bond acceptors (Lipinski definition) is 3. The Bertz CT molecular complexity index is 680. The Morgan fingerprint density at radius 3 is 2.32 bits per heavy atom. The molecule has 5 nitrogen and oxygen atoms in total. The van der Waals surface area contributed by atoms with Crippen molar-refractivity contribution in [3.05, 3.63) is 35.9 Å². The van der Waals surface area contributed by atoms with Crippen molar-refractivity contribution in [3.63, 3.8) is 0 Å². The van der Waals surface area contributed by atoms with Crippen LogP contribution in [0.15, 0.2) is 30.3 Å². The zero-order chi connectivity index (χ0) is 19.5. The molecule has 2 saturated carbocycles. The molecule has 3 aliphatic rings. The van der Waals surface area contributed by atoms with Gasteiger partial charge >= 0.3 is 0 Å². The maximum atomic E-state index is 13.2. The SMILES string of the molecule is NC1CCCC(C(=O)N2CCC(C(=O)N(Cc3ccccc3)C3CC3)CC2)C1. The molecule has 1 aliphatic heterocycles. The molecule has 2 aliphatic carbocycles. The van der Waals surface area contributed by atoms with Crippen LogP contribution in [0.5, 0.6) is 0 Å². The van der Waals surface area contributed by atoms with Crippen LogP contribution in [0.2, 0.25) is 0 Å². The normalized spacial score (nSPS) is 26.1. The molecule has 1 aromatic carbocycles. The summed E-state index contributed by atoms with van der Waals surface area (Å²) < 4.78 is 0. The van der Waals surface area contributed by atoms with E-state index in [4.69, 9.17) is 5.73 Å². The van der Waals surface area contributed by atoms with Crippen LogP contribution in [-0.4, -0.2) is 46.8 Å². The fourth-order valence-corrected chi connectivity index (χ4v) is 4.84. The Kier molecular flexibility index (Phi) is 6.00. The average molecular weight is 384 g/mol. The Morgan fingerprint density at radius 2 is 1.68 bits per heavy atom. The number of amides is 2. The Hall–Kier alpha value is -1.88. The van der Waals surface area contributed by atoms with Gasteiger partial charge in [0.05, 0.1) is 0 Å². The van der Waals surface area contributed by atoms with Gasteiger partial charge in [-0.2, -0.15) is 0 Å². The first-order valence-electron chi connectivity index (χ1n) is 11.0. The van der Waals surface area contributed by atoms with Gasteiger partial charge in [-0.15, -0.1) is 0 Å². The lowest BCUT2D eigenvalue weighted by Gasteiger charge is -2.37. The van der Waals surface area contributed by atoms with Gasteiger partial charge in [0.25, 0.3) is 0 Å². The molecule has 0 radical (unpaired) electrons. The van der Waals surface area contributed by atoms with E-state index >= 15 is 0 Å². The van der Waals surface area contributed by atoms with Crippen molar-refractivity contribution in [2.75, 3.05) is 13.1 Å². The van der Waals surface area contributed by atoms with E-state index in [-0.39, 0.29) is 29.7 Å². The first-order valence-corrected chi connectivity index (χ1v) is 11.0. The van der Waals surface area contributed by atoms with E-state index < -0.39 is 0 Å². The lowest BCUT2D eigenvalue weighted by Crippen LogP contribution is -2.47. The van der Waals surface area contributed by atoms with E-state index in [0.29, 0.717) is 25.7 Å². The summed E-state index contributed by atoms with van der Waals surface area (Å²) in [6.45, 7) is 2.14. The third-order valence-corrected chi connectivity index (χ3v) is 6.69. The highest BCUT2D eigenvalue weighted by Crippen LogP contribution is 2.32. The number of nitrogens with two attached hydrogens (primary N) is 1. The number of carbonyl (C=O) groups is 2. The summed E-state index contributed by atoms with van der Waals surface area (Å²) in [6.07, 6.45) is 7.72. The molecule has 1 heterocycles. The molecule has 0 bridgehead atoms. The predicted molar refractivity (Wildman–Crippen MR) is 109 cm³/mol. The Morgan fingerprint density at radius 1 is 0.964 bits per heavy atom. The lowest BCUT2D eigenvalue weighted by molar-refractivity contribution is -0.144. The second kappa shape index (κ2) is 8.64. The van der Waals surface area contributed by atoms with E-state index in [0.717, 1.165) is 51.4 Å². The average Bonchev–Trinajstić information content (AvgIpc) is 3.57. The number of hydrogen-bond donors (Lipinski definition) is 1. The fraction of sp³-hybridized carbons (Fsp3) is 0.652. The number of piperidine rings is 1. The van der Waals surface area contributed by atoms with Gasteiger partial charge in [0.2, 0.25) is 11.8 Å². The van der Waals surface area contributed by atoms with Crippen LogP contribution in [0.25, 0.3) is 0 Å². The highest BCUT2D eigenvalue weighted by Gasteiger charge is 2.38. The van der Waals surface area contributed by atoms with E-state index in [2.05, 4.69) is 17.0 Å². The molecule has 2 atom stereocenters. The van der Waals surface area contributed by atoms with Gasteiger partial charge in [0.15, 0.2) is 0 Å². The highest BCUT2D eigenvalue weighted by atomic mass is 16.2. The molecule has 4 rings (SSSR count). The van der Waals surface area contributed by atoms with Crippen LogP contribution in [0.1, 0.15) is 56.9 Å². The molecule has 3 fully saturated rings. The number of nitrogens with zero attached hydrogens (tertiary/aromatic N) is 2. The molecular weight excluding hydrogens is 350 g/mol. The van der Waals surface area contributed by atoms with Gasteiger partial charge < -0.3 is 15.5 Å². The molecule has 2 amide bonds. The summed E-state index contributed by atoms with van der Waals surface area (Å²) in [6, 6.07) is 10.9. The molecular formula is C23H33N3O2. The first kappa shape index (κ1) is 19.4. The van der Waals surface area contributed by atoms with Crippen LogP contribution < -0.4 is 5.73 Å². The Labute approximate surface area is 168 Å². The number of benzene rings is 1. The van der Waals surface area contributed by atoms with Crippen molar-refractivity contribution in [2.45, 2.75) is 70.0 Å². The van der Waals surface area contributed by atoms with Crippen LogP contribution in [-0.2, 0) is 16.1 Å². The van der Waals surface area contributed by atoms with Gasteiger partial charge in [-0.1, -0.05) is 36.8 Å². The monoisotopic (exact) mass is 383 g/mol. The highest BCUT2D eigenvalue weighted by molar-refractivity contribution is 5.81. The molecule has 1 saturated heterocycles. The standard InChI is InChI=1S/C23H33N3O2/c24-20-8-4-7-19(15-20)22(27)25-13-11-18(12-14-25)23(28)26(21-9-10-21)16-17-5-2-1-3-6-17/h1-3,5-6,18-21H,4,7-16,24H2. The summed E-state index contributed by atoms with van der Waals surface area (Å²) in [5, 5.41) is 0. The largest absolute Gasteiger partial charge is 0.342 e. The number of carbonyl (C=O) groups excluding carboxylic acids is 2. The molecule has 1 aromatic rings. The van der Waals surface area contributed by atoms with Gasteiger partial charge in [0, 0.05) is 43.6 Å². The molecule has 152 valence electrons. The second-order valence-electron chi connectivity index (χ2n) is 8.91. The minimum absolute atomic E-state index is 0.0574. The van der Waals surface area contributed by atoms with E-state index in [9.17, 15) is 9.59 Å². The van der Waals surface area contributed by atoms with Crippen LogP contribution in [0, 0.1) is 11.8 Å².